The maximum absolute atomic E-state index is 5.62. The molecule has 0 saturated heterocycles. The fourth-order valence-electron chi connectivity index (χ4n) is 2.62. The van der Waals surface area contributed by atoms with E-state index in [1.807, 2.05) is 12.1 Å². The van der Waals surface area contributed by atoms with Gasteiger partial charge in [0.05, 0.1) is 18.9 Å². The van der Waals surface area contributed by atoms with Crippen molar-refractivity contribution in [3.8, 4) is 11.4 Å². The van der Waals surface area contributed by atoms with Crippen LogP contribution in [0, 0.1) is 0 Å². The van der Waals surface area contributed by atoms with Crippen molar-refractivity contribution >= 4 is 27.2 Å². The maximum Gasteiger partial charge on any atom is 0.163 e. The third-order valence-corrected chi connectivity index (χ3v) is 4.64. The van der Waals surface area contributed by atoms with Crippen LogP contribution in [-0.2, 0) is 17.8 Å². The van der Waals surface area contributed by atoms with Crippen LogP contribution in [-0.4, -0.2) is 16.6 Å². The largest absolute Gasteiger partial charge is 0.376 e. The molecule has 5 nitrogen and oxygen atoms in total. The van der Waals surface area contributed by atoms with Crippen molar-refractivity contribution in [2.75, 3.05) is 12.0 Å². The number of nitrogens with one attached hydrogen (secondary N) is 1. The van der Waals surface area contributed by atoms with Gasteiger partial charge in [-0.25, -0.2) is 15.8 Å². The minimum atomic E-state index is 0.513. The number of ether oxygens (including phenoxy) is 1. The number of hydrazine groups is 1. The molecule has 1 aliphatic rings. The molecule has 3 heterocycles. The topological polar surface area (TPSA) is 73.1 Å². The van der Waals surface area contributed by atoms with Crippen LogP contribution >= 0.6 is 11.3 Å². The highest BCUT2D eigenvalue weighted by molar-refractivity contribution is 7.17. The number of nitrogen functional groups attached to an aromatic ring is 1. The van der Waals surface area contributed by atoms with Gasteiger partial charge in [-0.1, -0.05) is 18.2 Å². The Morgan fingerprint density at radius 3 is 3.05 bits per heavy atom. The molecular formula is C15H14N4OS. The molecular weight excluding hydrogens is 284 g/mol. The summed E-state index contributed by atoms with van der Waals surface area (Å²) < 4.78 is 6.70. The molecule has 0 radical (unpaired) electrons. The Morgan fingerprint density at radius 2 is 2.14 bits per heavy atom. The molecule has 3 aromatic rings. The van der Waals surface area contributed by atoms with Crippen molar-refractivity contribution in [3.05, 3.63) is 40.9 Å². The Labute approximate surface area is 125 Å². The zero-order chi connectivity index (χ0) is 14.2. The predicted molar refractivity (Wildman–Crippen MR) is 84.0 cm³/mol. The normalized spacial score (nSPS) is 14.1. The van der Waals surface area contributed by atoms with Gasteiger partial charge in [-0.05, 0) is 6.07 Å². The summed E-state index contributed by atoms with van der Waals surface area (Å²) in [6.07, 6.45) is 0.793. The van der Waals surface area contributed by atoms with Crippen LogP contribution in [0.5, 0.6) is 0 Å². The van der Waals surface area contributed by atoms with E-state index in [1.165, 1.54) is 10.1 Å². The minimum absolute atomic E-state index is 0.513. The summed E-state index contributed by atoms with van der Waals surface area (Å²) in [5.74, 6) is 7.00. The van der Waals surface area contributed by atoms with Gasteiger partial charge in [-0.2, -0.15) is 0 Å². The van der Waals surface area contributed by atoms with Gasteiger partial charge >= 0.3 is 0 Å². The van der Waals surface area contributed by atoms with Crippen molar-refractivity contribution < 1.29 is 4.74 Å². The highest BCUT2D eigenvalue weighted by Gasteiger charge is 2.19. The number of nitrogens with zero attached hydrogens (tertiary/aromatic N) is 2. The summed E-state index contributed by atoms with van der Waals surface area (Å²) in [6, 6.07) is 8.29. The van der Waals surface area contributed by atoms with Gasteiger partial charge in [0, 0.05) is 33.0 Å². The van der Waals surface area contributed by atoms with Crippen molar-refractivity contribution in [1.29, 1.82) is 0 Å². The second kappa shape index (κ2) is 5.07. The Morgan fingerprint density at radius 1 is 1.24 bits per heavy atom. The first-order valence-electron chi connectivity index (χ1n) is 6.77. The van der Waals surface area contributed by atoms with Gasteiger partial charge in [0.15, 0.2) is 5.82 Å². The molecule has 4 rings (SSSR count). The van der Waals surface area contributed by atoms with E-state index in [9.17, 15) is 0 Å². The van der Waals surface area contributed by atoms with Crippen molar-refractivity contribution in [2.24, 2.45) is 5.84 Å². The first kappa shape index (κ1) is 12.7. The van der Waals surface area contributed by atoms with E-state index < -0.39 is 0 Å². The highest BCUT2D eigenvalue weighted by atomic mass is 32.1. The SMILES string of the molecule is NNc1nc(-c2csc3ccccc23)nc2c1COCC2. The van der Waals surface area contributed by atoms with Crippen LogP contribution in [0.15, 0.2) is 29.6 Å². The smallest absolute Gasteiger partial charge is 0.163 e. The van der Waals surface area contributed by atoms with E-state index in [0.29, 0.717) is 19.0 Å². The van der Waals surface area contributed by atoms with Crippen LogP contribution in [0.4, 0.5) is 5.82 Å². The average molecular weight is 298 g/mol. The van der Waals surface area contributed by atoms with Gasteiger partial charge < -0.3 is 10.2 Å². The molecule has 0 bridgehead atoms. The summed E-state index contributed by atoms with van der Waals surface area (Å²) in [5.41, 5.74) is 5.72. The third kappa shape index (κ3) is 2.08. The monoisotopic (exact) mass is 298 g/mol. The lowest BCUT2D eigenvalue weighted by atomic mass is 10.1. The minimum Gasteiger partial charge on any atom is -0.376 e. The van der Waals surface area contributed by atoms with E-state index in [2.05, 4.69) is 27.9 Å². The van der Waals surface area contributed by atoms with Crippen molar-refractivity contribution in [1.82, 2.24) is 9.97 Å². The number of nitrogens with two attached hydrogens (primary N) is 1. The Kier molecular flexibility index (Phi) is 3.07. The molecule has 0 fully saturated rings. The van der Waals surface area contributed by atoms with Crippen LogP contribution in [0.3, 0.4) is 0 Å². The van der Waals surface area contributed by atoms with Crippen LogP contribution < -0.4 is 11.3 Å². The van der Waals surface area contributed by atoms with Crippen LogP contribution in [0.2, 0.25) is 0 Å². The zero-order valence-corrected chi connectivity index (χ0v) is 12.1. The second-order valence-corrected chi connectivity index (χ2v) is 5.82. The highest BCUT2D eigenvalue weighted by Crippen LogP contribution is 2.34. The molecule has 0 atom stereocenters. The fraction of sp³-hybridized carbons (Fsp3) is 0.200. The number of rotatable bonds is 2. The second-order valence-electron chi connectivity index (χ2n) is 4.91. The molecule has 0 aliphatic carbocycles. The van der Waals surface area contributed by atoms with Gasteiger partial charge in [0.25, 0.3) is 0 Å². The number of aromatic nitrogens is 2. The number of benzene rings is 1. The Balaban J connectivity index is 1.92. The van der Waals surface area contributed by atoms with Gasteiger partial charge in [-0.3, -0.25) is 0 Å². The third-order valence-electron chi connectivity index (χ3n) is 3.68. The van der Waals surface area contributed by atoms with E-state index in [-0.39, 0.29) is 0 Å². The molecule has 0 spiro atoms. The number of anilines is 1. The van der Waals surface area contributed by atoms with Gasteiger partial charge in [-0.15, -0.1) is 11.3 Å². The standard InChI is InChI=1S/C15H14N4OS/c16-19-15-10-7-20-6-5-12(10)17-14(18-15)11-8-21-13-4-2-1-3-9(11)13/h1-4,8H,5-7,16H2,(H,17,18,19). The predicted octanol–water partition coefficient (Wildman–Crippen LogP) is 2.72. The fourth-order valence-corrected chi connectivity index (χ4v) is 3.56. The van der Waals surface area contributed by atoms with E-state index in [1.54, 1.807) is 11.3 Å². The molecule has 2 aromatic heterocycles. The summed E-state index contributed by atoms with van der Waals surface area (Å²) in [4.78, 5) is 9.31. The first-order valence-corrected chi connectivity index (χ1v) is 7.65. The summed E-state index contributed by atoms with van der Waals surface area (Å²) >= 11 is 1.70. The van der Waals surface area contributed by atoms with E-state index >= 15 is 0 Å². The quantitative estimate of drug-likeness (QED) is 0.562. The van der Waals surface area contributed by atoms with Crippen LogP contribution in [0.1, 0.15) is 11.3 Å². The number of fused-ring (bicyclic) bond motifs is 2. The lowest BCUT2D eigenvalue weighted by Crippen LogP contribution is -2.19. The summed E-state index contributed by atoms with van der Waals surface area (Å²) in [5, 5.41) is 3.28. The number of hydrogen-bond donors (Lipinski definition) is 2. The van der Waals surface area contributed by atoms with Gasteiger partial charge in [0.2, 0.25) is 0 Å². The number of hydrogen-bond acceptors (Lipinski definition) is 6. The Hall–Kier alpha value is -2.02. The summed E-state index contributed by atoms with van der Waals surface area (Å²) in [6.45, 7) is 1.21. The molecule has 106 valence electrons. The van der Waals surface area contributed by atoms with E-state index in [0.717, 1.165) is 29.1 Å². The van der Waals surface area contributed by atoms with Crippen molar-refractivity contribution in [2.45, 2.75) is 13.0 Å². The molecule has 6 heteroatoms. The van der Waals surface area contributed by atoms with Gasteiger partial charge in [0.1, 0.15) is 5.82 Å². The summed E-state index contributed by atoms with van der Waals surface area (Å²) in [7, 11) is 0. The maximum atomic E-state index is 5.62. The average Bonchev–Trinajstić information content (AvgIpc) is 2.98. The molecule has 21 heavy (non-hydrogen) atoms. The zero-order valence-electron chi connectivity index (χ0n) is 11.3. The van der Waals surface area contributed by atoms with Crippen molar-refractivity contribution in [3.63, 3.8) is 0 Å². The molecule has 3 N–H and O–H groups in total. The van der Waals surface area contributed by atoms with Crippen LogP contribution in [0.25, 0.3) is 21.5 Å². The lowest BCUT2D eigenvalue weighted by molar-refractivity contribution is 0.109. The molecule has 0 amide bonds. The Bertz CT molecular complexity index is 797. The first-order chi connectivity index (χ1) is 10.4. The lowest BCUT2D eigenvalue weighted by Gasteiger charge is -2.19. The van der Waals surface area contributed by atoms with E-state index in [4.69, 9.17) is 15.6 Å². The molecule has 1 aliphatic heterocycles. The molecule has 0 unspecified atom stereocenters. The number of thiophene rings is 1. The molecule has 1 aromatic carbocycles. The molecule has 0 saturated carbocycles.